The van der Waals surface area contributed by atoms with E-state index in [-0.39, 0.29) is 24.0 Å². The molecule has 1 aromatic carbocycles. The molecule has 0 saturated heterocycles. The number of amides is 2. The Bertz CT molecular complexity index is 994. The zero-order chi connectivity index (χ0) is 20.1. The van der Waals surface area contributed by atoms with E-state index in [2.05, 4.69) is 15.4 Å². The fraction of sp³-hybridized carbons (Fsp3) is 0.300. The van der Waals surface area contributed by atoms with Crippen molar-refractivity contribution in [2.24, 2.45) is 0 Å². The molecule has 1 N–H and O–H groups in total. The number of nitrogens with zero attached hydrogens (tertiary/aromatic N) is 4. The number of ether oxygens (including phenoxy) is 1. The van der Waals surface area contributed by atoms with Gasteiger partial charge in [-0.2, -0.15) is 9.78 Å². The van der Waals surface area contributed by atoms with Crippen LogP contribution in [0.25, 0.3) is 16.7 Å². The second-order valence-electron chi connectivity index (χ2n) is 6.00. The van der Waals surface area contributed by atoms with Crippen LogP contribution in [0, 0.1) is 0 Å². The summed E-state index contributed by atoms with van der Waals surface area (Å²) >= 11 is 0. The summed E-state index contributed by atoms with van der Waals surface area (Å²) in [6, 6.07) is 11.1. The molecule has 146 valence electrons. The van der Waals surface area contributed by atoms with Gasteiger partial charge in [-0.25, -0.2) is 14.6 Å². The average Bonchev–Trinajstić information content (AvgIpc) is 3.12. The number of carbonyl (C=O) groups is 2. The zero-order valence-electron chi connectivity index (χ0n) is 16.2. The number of pyridine rings is 1. The Kier molecular flexibility index (Phi) is 5.88. The lowest BCUT2D eigenvalue weighted by atomic mass is 10.2. The van der Waals surface area contributed by atoms with Crippen LogP contribution in [0.2, 0.25) is 0 Å². The molecule has 3 aromatic rings. The highest BCUT2D eigenvalue weighted by atomic mass is 16.5. The molecule has 0 bridgehead atoms. The first-order valence-electron chi connectivity index (χ1n) is 9.26. The van der Waals surface area contributed by atoms with Crippen LogP contribution in [0.3, 0.4) is 0 Å². The number of esters is 1. The summed E-state index contributed by atoms with van der Waals surface area (Å²) in [6.07, 6.45) is 1.38. The maximum Gasteiger partial charge on any atom is 0.343 e. The first kappa shape index (κ1) is 19.3. The predicted molar refractivity (Wildman–Crippen MR) is 107 cm³/mol. The minimum absolute atomic E-state index is 0.178. The third-order valence-electron chi connectivity index (χ3n) is 4.34. The van der Waals surface area contributed by atoms with Crippen molar-refractivity contribution in [2.75, 3.05) is 25.0 Å². The van der Waals surface area contributed by atoms with Crippen LogP contribution >= 0.6 is 0 Å². The summed E-state index contributed by atoms with van der Waals surface area (Å²) in [5.41, 5.74) is 0.964. The molecular formula is C20H23N5O3. The summed E-state index contributed by atoms with van der Waals surface area (Å²) in [7, 11) is 0. The Balaban J connectivity index is 2.06. The lowest BCUT2D eigenvalue weighted by molar-refractivity contribution is 0.0527. The molecule has 2 aromatic heterocycles. The second kappa shape index (κ2) is 8.51. The Hall–Kier alpha value is -3.42. The van der Waals surface area contributed by atoms with Gasteiger partial charge in [-0.1, -0.05) is 18.2 Å². The molecule has 0 unspecified atom stereocenters. The molecule has 2 heterocycles. The van der Waals surface area contributed by atoms with Crippen LogP contribution in [0.15, 0.2) is 42.6 Å². The molecule has 8 nitrogen and oxygen atoms in total. The van der Waals surface area contributed by atoms with Crippen LogP contribution in [0.4, 0.5) is 10.6 Å². The summed E-state index contributed by atoms with van der Waals surface area (Å²) in [5.74, 6) is 0.173. The van der Waals surface area contributed by atoms with Gasteiger partial charge in [0.2, 0.25) is 0 Å². The largest absolute Gasteiger partial charge is 0.462 e. The van der Waals surface area contributed by atoms with E-state index in [1.54, 1.807) is 17.9 Å². The van der Waals surface area contributed by atoms with Gasteiger partial charge < -0.3 is 9.64 Å². The van der Waals surface area contributed by atoms with Gasteiger partial charge in [0, 0.05) is 18.5 Å². The number of carbonyl (C=O) groups excluding carboxylic acids is 2. The van der Waals surface area contributed by atoms with E-state index in [1.807, 2.05) is 44.2 Å². The van der Waals surface area contributed by atoms with Crippen LogP contribution in [0.1, 0.15) is 31.1 Å². The topological polar surface area (TPSA) is 89.3 Å². The molecule has 8 heteroatoms. The number of para-hydroxylation sites is 1. The van der Waals surface area contributed by atoms with Crippen molar-refractivity contribution in [2.45, 2.75) is 20.8 Å². The highest BCUT2D eigenvalue weighted by molar-refractivity contribution is 6.00. The number of hydrogen-bond donors (Lipinski definition) is 1. The molecule has 0 saturated carbocycles. The number of aromatic nitrogens is 3. The Morgan fingerprint density at radius 2 is 1.86 bits per heavy atom. The Morgan fingerprint density at radius 1 is 1.11 bits per heavy atom. The van der Waals surface area contributed by atoms with Gasteiger partial charge in [-0.3, -0.25) is 5.32 Å². The number of rotatable bonds is 6. The van der Waals surface area contributed by atoms with E-state index in [0.29, 0.717) is 18.9 Å². The smallest absolute Gasteiger partial charge is 0.343 e. The molecule has 0 aliphatic rings. The van der Waals surface area contributed by atoms with Crippen molar-refractivity contribution in [3.8, 4) is 5.82 Å². The molecular weight excluding hydrogens is 358 g/mol. The number of anilines is 1. The number of hydrogen-bond acceptors (Lipinski definition) is 5. The van der Waals surface area contributed by atoms with E-state index in [1.165, 1.54) is 10.9 Å². The van der Waals surface area contributed by atoms with Crippen molar-refractivity contribution in [3.05, 3.63) is 48.2 Å². The molecule has 0 atom stereocenters. The molecule has 0 fully saturated rings. The van der Waals surface area contributed by atoms with E-state index < -0.39 is 5.97 Å². The standard InChI is InChI=1S/C20H23N5O3/c1-4-24(5-2)20(27)23-18-15(19(26)28-6-3)13-21-25(18)17-12-11-14-9-7-8-10-16(14)22-17/h7-13H,4-6H2,1-3H3,(H,23,27). The maximum atomic E-state index is 12.6. The van der Waals surface area contributed by atoms with Crippen molar-refractivity contribution in [1.82, 2.24) is 19.7 Å². The minimum Gasteiger partial charge on any atom is -0.462 e. The molecule has 0 spiro atoms. The molecule has 0 aliphatic heterocycles. The molecule has 3 rings (SSSR count). The summed E-state index contributed by atoms with van der Waals surface area (Å²) < 4.78 is 6.55. The lowest BCUT2D eigenvalue weighted by Gasteiger charge is -2.20. The molecule has 28 heavy (non-hydrogen) atoms. The van der Waals surface area contributed by atoms with Gasteiger partial charge in [0.25, 0.3) is 0 Å². The van der Waals surface area contributed by atoms with Crippen molar-refractivity contribution in [1.29, 1.82) is 0 Å². The normalized spacial score (nSPS) is 10.7. The number of urea groups is 1. The van der Waals surface area contributed by atoms with Gasteiger partial charge in [-0.15, -0.1) is 0 Å². The first-order valence-corrected chi connectivity index (χ1v) is 9.26. The van der Waals surface area contributed by atoms with Crippen molar-refractivity contribution in [3.63, 3.8) is 0 Å². The summed E-state index contributed by atoms with van der Waals surface area (Å²) in [4.78, 5) is 31.2. The summed E-state index contributed by atoms with van der Waals surface area (Å²) in [5, 5.41) is 8.06. The van der Waals surface area contributed by atoms with Crippen LogP contribution in [-0.4, -0.2) is 51.4 Å². The third-order valence-corrected chi connectivity index (χ3v) is 4.34. The molecule has 0 aliphatic carbocycles. The third kappa shape index (κ3) is 3.80. The average molecular weight is 381 g/mol. The Morgan fingerprint density at radius 3 is 2.57 bits per heavy atom. The minimum atomic E-state index is -0.551. The van der Waals surface area contributed by atoms with Crippen LogP contribution in [0.5, 0.6) is 0 Å². The van der Waals surface area contributed by atoms with E-state index in [4.69, 9.17) is 4.74 Å². The lowest BCUT2D eigenvalue weighted by Crippen LogP contribution is -2.35. The van der Waals surface area contributed by atoms with Gasteiger partial charge in [-0.05, 0) is 39.0 Å². The van der Waals surface area contributed by atoms with Gasteiger partial charge in [0.05, 0.1) is 18.3 Å². The number of fused-ring (bicyclic) bond motifs is 1. The van der Waals surface area contributed by atoms with Crippen molar-refractivity contribution >= 4 is 28.7 Å². The molecule has 2 amide bonds. The van der Waals surface area contributed by atoms with Crippen LogP contribution < -0.4 is 5.32 Å². The van der Waals surface area contributed by atoms with E-state index in [9.17, 15) is 9.59 Å². The first-order chi connectivity index (χ1) is 13.6. The highest BCUT2D eigenvalue weighted by Gasteiger charge is 2.23. The quantitative estimate of drug-likeness (QED) is 0.661. The fourth-order valence-electron chi connectivity index (χ4n) is 2.87. The van der Waals surface area contributed by atoms with Gasteiger partial charge >= 0.3 is 12.0 Å². The van der Waals surface area contributed by atoms with Crippen LogP contribution in [-0.2, 0) is 4.74 Å². The van der Waals surface area contributed by atoms with Crippen molar-refractivity contribution < 1.29 is 14.3 Å². The fourth-order valence-corrected chi connectivity index (χ4v) is 2.87. The predicted octanol–water partition coefficient (Wildman–Crippen LogP) is 3.47. The highest BCUT2D eigenvalue weighted by Crippen LogP contribution is 2.22. The summed E-state index contributed by atoms with van der Waals surface area (Å²) in [6.45, 7) is 6.80. The van der Waals surface area contributed by atoms with Gasteiger partial charge in [0.1, 0.15) is 5.56 Å². The number of benzene rings is 1. The number of nitrogens with one attached hydrogen (secondary N) is 1. The SMILES string of the molecule is CCOC(=O)c1cnn(-c2ccc3ccccc3n2)c1NC(=O)N(CC)CC. The zero-order valence-corrected chi connectivity index (χ0v) is 16.2. The molecule has 0 radical (unpaired) electrons. The monoisotopic (exact) mass is 381 g/mol. The maximum absolute atomic E-state index is 12.6. The van der Waals surface area contributed by atoms with Gasteiger partial charge in [0.15, 0.2) is 11.6 Å². The van der Waals surface area contributed by atoms with E-state index in [0.717, 1.165) is 10.9 Å². The van der Waals surface area contributed by atoms with E-state index >= 15 is 0 Å². The Labute approximate surface area is 163 Å². The second-order valence-corrected chi connectivity index (χ2v) is 6.00.